The molecule has 0 spiro atoms. The number of phenols is 1. The van der Waals surface area contributed by atoms with Crippen LogP contribution in [0.1, 0.15) is 31.4 Å². The maximum atomic E-state index is 9.39. The molecule has 0 radical (unpaired) electrons. The molecule has 3 rings (SSSR count). The molecule has 2 aliphatic heterocycles. The number of nitrogens with zero attached hydrogens (tertiary/aromatic N) is 2. The first-order valence-corrected chi connectivity index (χ1v) is 7.11. The molecule has 4 heteroatoms. The van der Waals surface area contributed by atoms with Crippen LogP contribution in [0.5, 0.6) is 5.75 Å². The van der Waals surface area contributed by atoms with Gasteiger partial charge in [0.1, 0.15) is 5.75 Å². The van der Waals surface area contributed by atoms with E-state index in [9.17, 15) is 5.11 Å². The molecule has 0 saturated carbocycles. The molecule has 2 unspecified atom stereocenters. The molecule has 0 amide bonds. The van der Waals surface area contributed by atoms with Crippen LogP contribution in [0.3, 0.4) is 0 Å². The summed E-state index contributed by atoms with van der Waals surface area (Å²) >= 11 is 0. The van der Waals surface area contributed by atoms with E-state index in [2.05, 4.69) is 22.4 Å². The number of hydrogen-bond acceptors (Lipinski definition) is 4. The zero-order valence-electron chi connectivity index (χ0n) is 11.3. The van der Waals surface area contributed by atoms with E-state index in [1.807, 2.05) is 12.1 Å². The largest absolute Gasteiger partial charge is 0.508 e. The Balaban J connectivity index is 1.76. The average molecular weight is 259 g/mol. The fourth-order valence-corrected chi connectivity index (χ4v) is 3.12. The van der Waals surface area contributed by atoms with Gasteiger partial charge in [-0.2, -0.15) is 5.10 Å². The molecule has 0 aliphatic carbocycles. The molecule has 2 aliphatic rings. The van der Waals surface area contributed by atoms with E-state index in [1.54, 1.807) is 12.1 Å². The van der Waals surface area contributed by atoms with Gasteiger partial charge in [-0.1, -0.05) is 19.1 Å². The van der Waals surface area contributed by atoms with Crippen LogP contribution in [0, 0.1) is 5.92 Å². The highest BCUT2D eigenvalue weighted by Crippen LogP contribution is 2.32. The van der Waals surface area contributed by atoms with E-state index in [1.165, 1.54) is 24.2 Å². The second-order valence-electron chi connectivity index (χ2n) is 5.46. The van der Waals surface area contributed by atoms with Crippen LogP contribution in [0.2, 0.25) is 0 Å². The van der Waals surface area contributed by atoms with Crippen LogP contribution in [0.15, 0.2) is 29.4 Å². The predicted octanol–water partition coefficient (Wildman–Crippen LogP) is 2.12. The van der Waals surface area contributed by atoms with Crippen molar-refractivity contribution in [3.8, 4) is 5.75 Å². The molecule has 2 atom stereocenters. The number of hydrogen-bond donors (Lipinski definition) is 2. The van der Waals surface area contributed by atoms with Crippen molar-refractivity contribution in [3.63, 3.8) is 0 Å². The summed E-state index contributed by atoms with van der Waals surface area (Å²) in [7, 11) is 0. The standard InChI is InChI=1S/C15H21N3O/c1-2-8-18-9-7-14-13(10-18)15(17-16-14)11-3-5-12(19)6-4-11/h3-6,13,15,17,19H,2,7-10H2,1H3. The van der Waals surface area contributed by atoms with Crippen molar-refractivity contribution in [3.05, 3.63) is 29.8 Å². The van der Waals surface area contributed by atoms with Gasteiger partial charge in [0.15, 0.2) is 0 Å². The SMILES string of the molecule is CCCN1CCC2=NNC(c3ccc(O)cc3)C2C1. The highest BCUT2D eigenvalue weighted by atomic mass is 16.3. The van der Waals surface area contributed by atoms with Crippen LogP contribution in [0.4, 0.5) is 0 Å². The van der Waals surface area contributed by atoms with Gasteiger partial charge >= 0.3 is 0 Å². The molecule has 0 bridgehead atoms. The number of piperidine rings is 1. The van der Waals surface area contributed by atoms with Crippen LogP contribution < -0.4 is 5.43 Å². The predicted molar refractivity (Wildman–Crippen MR) is 76.3 cm³/mol. The number of aromatic hydroxyl groups is 1. The number of phenolic OH excluding ortho intramolecular Hbond substituents is 1. The molecule has 102 valence electrons. The van der Waals surface area contributed by atoms with Gasteiger partial charge in [0.25, 0.3) is 0 Å². The molecule has 1 aromatic rings. The summed E-state index contributed by atoms with van der Waals surface area (Å²) in [6, 6.07) is 7.74. The summed E-state index contributed by atoms with van der Waals surface area (Å²) in [5, 5.41) is 13.9. The third-order valence-electron chi connectivity index (χ3n) is 4.11. The Labute approximate surface area is 114 Å². The monoisotopic (exact) mass is 259 g/mol. The maximum Gasteiger partial charge on any atom is 0.115 e. The third kappa shape index (κ3) is 2.45. The molecular weight excluding hydrogens is 238 g/mol. The van der Waals surface area contributed by atoms with Gasteiger partial charge in [-0.15, -0.1) is 0 Å². The summed E-state index contributed by atoms with van der Waals surface area (Å²) in [6.07, 6.45) is 2.28. The Morgan fingerprint density at radius 1 is 1.37 bits per heavy atom. The second kappa shape index (κ2) is 5.21. The van der Waals surface area contributed by atoms with Crippen molar-refractivity contribution in [2.45, 2.75) is 25.8 Å². The minimum atomic E-state index is 0.259. The minimum absolute atomic E-state index is 0.259. The van der Waals surface area contributed by atoms with Crippen LogP contribution >= 0.6 is 0 Å². The molecule has 0 aromatic heterocycles. The van der Waals surface area contributed by atoms with E-state index in [0.29, 0.717) is 11.7 Å². The summed E-state index contributed by atoms with van der Waals surface area (Å²) in [6.45, 7) is 5.62. The maximum absolute atomic E-state index is 9.39. The third-order valence-corrected chi connectivity index (χ3v) is 4.11. The van der Waals surface area contributed by atoms with Gasteiger partial charge in [-0.3, -0.25) is 0 Å². The lowest BCUT2D eigenvalue weighted by Gasteiger charge is -2.33. The quantitative estimate of drug-likeness (QED) is 0.874. The van der Waals surface area contributed by atoms with Crippen LogP contribution in [0.25, 0.3) is 0 Å². The zero-order valence-corrected chi connectivity index (χ0v) is 11.3. The molecule has 4 nitrogen and oxygen atoms in total. The number of likely N-dealkylation sites (tertiary alicyclic amines) is 1. The lowest BCUT2D eigenvalue weighted by atomic mass is 9.86. The van der Waals surface area contributed by atoms with E-state index in [4.69, 9.17) is 0 Å². The van der Waals surface area contributed by atoms with E-state index in [0.717, 1.165) is 19.5 Å². The van der Waals surface area contributed by atoms with Crippen molar-refractivity contribution in [2.24, 2.45) is 11.0 Å². The first kappa shape index (κ1) is 12.5. The van der Waals surface area contributed by atoms with E-state index in [-0.39, 0.29) is 6.04 Å². The Bertz CT molecular complexity index is 469. The van der Waals surface area contributed by atoms with Gasteiger partial charge in [0.05, 0.1) is 6.04 Å². The Morgan fingerprint density at radius 2 is 2.16 bits per heavy atom. The van der Waals surface area contributed by atoms with Gasteiger partial charge in [-0.25, -0.2) is 0 Å². The number of fused-ring (bicyclic) bond motifs is 1. The molecular formula is C15H21N3O. The van der Waals surface area contributed by atoms with Crippen molar-refractivity contribution < 1.29 is 5.11 Å². The van der Waals surface area contributed by atoms with Crippen molar-refractivity contribution in [2.75, 3.05) is 19.6 Å². The van der Waals surface area contributed by atoms with E-state index >= 15 is 0 Å². The lowest BCUT2D eigenvalue weighted by molar-refractivity contribution is 0.228. The highest BCUT2D eigenvalue weighted by molar-refractivity contribution is 5.89. The van der Waals surface area contributed by atoms with Crippen LogP contribution in [-0.4, -0.2) is 35.4 Å². The van der Waals surface area contributed by atoms with Crippen molar-refractivity contribution in [1.82, 2.24) is 10.3 Å². The summed E-state index contributed by atoms with van der Waals surface area (Å²) in [4.78, 5) is 2.53. The highest BCUT2D eigenvalue weighted by Gasteiger charge is 2.36. The molecule has 2 N–H and O–H groups in total. The van der Waals surface area contributed by atoms with Crippen molar-refractivity contribution >= 4 is 5.71 Å². The number of benzene rings is 1. The fourth-order valence-electron chi connectivity index (χ4n) is 3.12. The van der Waals surface area contributed by atoms with Gasteiger partial charge in [0, 0.05) is 31.1 Å². The average Bonchev–Trinajstić information content (AvgIpc) is 2.83. The first-order valence-electron chi connectivity index (χ1n) is 7.11. The molecule has 1 fully saturated rings. The minimum Gasteiger partial charge on any atom is -0.508 e. The summed E-state index contributed by atoms with van der Waals surface area (Å²) in [5.41, 5.74) is 5.80. The smallest absolute Gasteiger partial charge is 0.115 e. The lowest BCUT2D eigenvalue weighted by Crippen LogP contribution is -2.42. The fraction of sp³-hybridized carbons (Fsp3) is 0.533. The normalized spacial score (nSPS) is 26.7. The number of nitrogens with one attached hydrogen (secondary N) is 1. The second-order valence-corrected chi connectivity index (χ2v) is 5.46. The topological polar surface area (TPSA) is 47.9 Å². The summed E-state index contributed by atoms with van der Waals surface area (Å²) < 4.78 is 0. The Kier molecular flexibility index (Phi) is 3.42. The number of rotatable bonds is 3. The number of hydrazone groups is 1. The van der Waals surface area contributed by atoms with Gasteiger partial charge < -0.3 is 15.4 Å². The molecule has 19 heavy (non-hydrogen) atoms. The van der Waals surface area contributed by atoms with Crippen LogP contribution in [-0.2, 0) is 0 Å². The Morgan fingerprint density at radius 3 is 2.89 bits per heavy atom. The van der Waals surface area contributed by atoms with E-state index < -0.39 is 0 Å². The summed E-state index contributed by atoms with van der Waals surface area (Å²) in [5.74, 6) is 0.795. The first-order chi connectivity index (χ1) is 9.28. The molecule has 2 heterocycles. The Hall–Kier alpha value is -1.55. The van der Waals surface area contributed by atoms with Gasteiger partial charge in [0.2, 0.25) is 0 Å². The van der Waals surface area contributed by atoms with Gasteiger partial charge in [-0.05, 0) is 30.7 Å². The molecule has 1 aromatic carbocycles. The van der Waals surface area contributed by atoms with Crippen molar-refractivity contribution in [1.29, 1.82) is 0 Å². The zero-order chi connectivity index (χ0) is 13.2. The molecule has 1 saturated heterocycles.